The van der Waals surface area contributed by atoms with E-state index < -0.39 is 0 Å². The molecule has 1 aliphatic carbocycles. The molecule has 1 atom stereocenters. The summed E-state index contributed by atoms with van der Waals surface area (Å²) in [4.78, 5) is 0. The molecule has 0 radical (unpaired) electrons. The fraction of sp³-hybridized carbons (Fsp3) is 0.667. The maximum absolute atomic E-state index is 5.50. The summed E-state index contributed by atoms with van der Waals surface area (Å²) in [5.41, 5.74) is 0.0551. The standard InChI is InChI=1S/C12H20O2.Hf/c1-4-7-12(8-5-6-9-12)11(14-3)10-13-2;/h5-6,8-9,11H,4,7,10H2,1-3H3;. The van der Waals surface area contributed by atoms with Gasteiger partial charge in [0.05, 0.1) is 12.7 Å². The van der Waals surface area contributed by atoms with Crippen LogP contribution in [0.1, 0.15) is 19.8 Å². The van der Waals surface area contributed by atoms with Crippen LogP contribution in [0, 0.1) is 5.41 Å². The second kappa shape index (κ2) is 7.53. The third-order valence-electron chi connectivity index (χ3n) is 2.81. The van der Waals surface area contributed by atoms with Crippen LogP contribution in [0.15, 0.2) is 24.3 Å². The van der Waals surface area contributed by atoms with E-state index >= 15 is 0 Å². The van der Waals surface area contributed by atoms with Crippen LogP contribution in [0.4, 0.5) is 0 Å². The van der Waals surface area contributed by atoms with Crippen LogP contribution in [-0.2, 0) is 35.3 Å². The van der Waals surface area contributed by atoms with Gasteiger partial charge in [0.15, 0.2) is 0 Å². The molecule has 0 spiro atoms. The Morgan fingerprint density at radius 3 is 2.20 bits per heavy atom. The molecular formula is C12H20HfO2. The zero-order valence-corrected chi connectivity index (χ0v) is 13.4. The number of hydrogen-bond acceptors (Lipinski definition) is 2. The maximum Gasteiger partial charge on any atom is 0.0929 e. The molecule has 15 heavy (non-hydrogen) atoms. The summed E-state index contributed by atoms with van der Waals surface area (Å²) < 4.78 is 10.7. The molecule has 0 N–H and O–H groups in total. The Hall–Kier alpha value is 0.270. The van der Waals surface area contributed by atoms with Crippen molar-refractivity contribution in [3.63, 3.8) is 0 Å². The minimum atomic E-state index is 0. The molecule has 0 amide bonds. The Bertz CT molecular complexity index is 212. The Balaban J connectivity index is 0.00000196. The van der Waals surface area contributed by atoms with E-state index in [1.807, 2.05) is 0 Å². The quantitative estimate of drug-likeness (QED) is 0.665. The molecule has 0 heterocycles. The molecule has 3 heteroatoms. The number of allylic oxidation sites excluding steroid dienone is 2. The van der Waals surface area contributed by atoms with E-state index in [1.54, 1.807) is 14.2 Å². The molecule has 0 bridgehead atoms. The molecule has 84 valence electrons. The molecule has 0 saturated heterocycles. The van der Waals surface area contributed by atoms with Gasteiger partial charge in [-0.2, -0.15) is 0 Å². The Morgan fingerprint density at radius 2 is 1.80 bits per heavy atom. The third-order valence-corrected chi connectivity index (χ3v) is 2.81. The zero-order chi connectivity index (χ0) is 10.4. The average Bonchev–Trinajstić information content (AvgIpc) is 2.64. The summed E-state index contributed by atoms with van der Waals surface area (Å²) in [6.07, 6.45) is 11.0. The third kappa shape index (κ3) is 3.65. The van der Waals surface area contributed by atoms with Crippen molar-refractivity contribution in [1.82, 2.24) is 0 Å². The number of rotatable bonds is 6. The SMILES string of the molecule is CCCC1(C(COC)OC)C=CC=C1.[Hf]. The normalized spacial score (nSPS) is 18.9. The van der Waals surface area contributed by atoms with Gasteiger partial charge in [-0.15, -0.1) is 0 Å². The topological polar surface area (TPSA) is 18.5 Å². The van der Waals surface area contributed by atoms with Gasteiger partial charge in [0.1, 0.15) is 0 Å². The van der Waals surface area contributed by atoms with Crippen molar-refractivity contribution in [3.05, 3.63) is 24.3 Å². The average molecular weight is 375 g/mol. The first-order valence-electron chi connectivity index (χ1n) is 5.18. The summed E-state index contributed by atoms with van der Waals surface area (Å²) in [5, 5.41) is 0. The Labute approximate surface area is 112 Å². The molecule has 1 aliphatic rings. The molecule has 0 aliphatic heterocycles. The van der Waals surface area contributed by atoms with E-state index in [-0.39, 0.29) is 37.4 Å². The molecular weight excluding hydrogens is 355 g/mol. The van der Waals surface area contributed by atoms with E-state index in [2.05, 4.69) is 31.2 Å². The van der Waals surface area contributed by atoms with Crippen LogP contribution in [0.3, 0.4) is 0 Å². The van der Waals surface area contributed by atoms with Gasteiger partial charge in [-0.1, -0.05) is 37.6 Å². The van der Waals surface area contributed by atoms with Gasteiger partial charge < -0.3 is 9.47 Å². The van der Waals surface area contributed by atoms with Gasteiger partial charge >= 0.3 is 0 Å². The number of hydrogen-bond donors (Lipinski definition) is 0. The van der Waals surface area contributed by atoms with E-state index in [0.29, 0.717) is 6.61 Å². The number of ether oxygens (including phenoxy) is 2. The maximum atomic E-state index is 5.50. The predicted octanol–water partition coefficient (Wildman–Crippen LogP) is 2.56. The Morgan fingerprint density at radius 1 is 1.20 bits per heavy atom. The van der Waals surface area contributed by atoms with Crippen LogP contribution < -0.4 is 0 Å². The monoisotopic (exact) mass is 376 g/mol. The molecule has 1 rings (SSSR count). The van der Waals surface area contributed by atoms with Crippen LogP contribution in [0.5, 0.6) is 0 Å². The largest absolute Gasteiger partial charge is 0.382 e. The van der Waals surface area contributed by atoms with Crippen LogP contribution in [0.25, 0.3) is 0 Å². The second-order valence-corrected chi connectivity index (χ2v) is 3.76. The first-order chi connectivity index (χ1) is 6.79. The predicted molar refractivity (Wildman–Crippen MR) is 58.3 cm³/mol. The molecule has 0 fully saturated rings. The molecule has 1 unspecified atom stereocenters. The fourth-order valence-corrected chi connectivity index (χ4v) is 2.09. The summed E-state index contributed by atoms with van der Waals surface area (Å²) in [6.45, 7) is 2.84. The van der Waals surface area contributed by atoms with E-state index in [4.69, 9.17) is 9.47 Å². The summed E-state index contributed by atoms with van der Waals surface area (Å²) in [5.74, 6) is 0. The van der Waals surface area contributed by atoms with Crippen molar-refractivity contribution in [1.29, 1.82) is 0 Å². The fourth-order valence-electron chi connectivity index (χ4n) is 2.09. The Kier molecular flexibility index (Phi) is 7.66. The zero-order valence-electron chi connectivity index (χ0n) is 9.82. The minimum Gasteiger partial charge on any atom is -0.382 e. The van der Waals surface area contributed by atoms with Gasteiger partial charge in [-0.25, -0.2) is 0 Å². The van der Waals surface area contributed by atoms with Gasteiger partial charge in [0.2, 0.25) is 0 Å². The summed E-state index contributed by atoms with van der Waals surface area (Å²) >= 11 is 0. The van der Waals surface area contributed by atoms with Crippen LogP contribution in [-0.4, -0.2) is 26.9 Å². The van der Waals surface area contributed by atoms with Crippen molar-refractivity contribution in [2.75, 3.05) is 20.8 Å². The van der Waals surface area contributed by atoms with Gasteiger partial charge in [0.25, 0.3) is 0 Å². The minimum absolute atomic E-state index is 0. The van der Waals surface area contributed by atoms with Gasteiger partial charge in [-0.05, 0) is 6.42 Å². The molecule has 0 saturated carbocycles. The van der Waals surface area contributed by atoms with Gasteiger partial charge in [0, 0.05) is 45.5 Å². The summed E-state index contributed by atoms with van der Waals surface area (Å²) in [6, 6.07) is 0. The van der Waals surface area contributed by atoms with Crippen LogP contribution >= 0.6 is 0 Å². The number of methoxy groups -OCH3 is 2. The van der Waals surface area contributed by atoms with Crippen molar-refractivity contribution in [2.45, 2.75) is 25.9 Å². The van der Waals surface area contributed by atoms with Crippen molar-refractivity contribution >= 4 is 0 Å². The van der Waals surface area contributed by atoms with E-state index in [1.165, 1.54) is 0 Å². The van der Waals surface area contributed by atoms with E-state index in [0.717, 1.165) is 12.8 Å². The first-order valence-corrected chi connectivity index (χ1v) is 5.18. The second-order valence-electron chi connectivity index (χ2n) is 3.76. The van der Waals surface area contributed by atoms with Gasteiger partial charge in [-0.3, -0.25) is 0 Å². The molecule has 0 aromatic heterocycles. The smallest absolute Gasteiger partial charge is 0.0929 e. The molecule has 2 nitrogen and oxygen atoms in total. The van der Waals surface area contributed by atoms with Crippen molar-refractivity contribution < 1.29 is 35.3 Å². The molecule has 0 aromatic rings. The van der Waals surface area contributed by atoms with E-state index in [9.17, 15) is 0 Å². The van der Waals surface area contributed by atoms with Crippen molar-refractivity contribution in [3.8, 4) is 0 Å². The molecule has 0 aromatic carbocycles. The van der Waals surface area contributed by atoms with Crippen LogP contribution in [0.2, 0.25) is 0 Å². The van der Waals surface area contributed by atoms with Crippen molar-refractivity contribution in [2.24, 2.45) is 5.41 Å². The summed E-state index contributed by atoms with van der Waals surface area (Å²) in [7, 11) is 3.47. The first kappa shape index (κ1) is 15.3.